The smallest absolute Gasteiger partial charge is 0.270 e. The van der Waals surface area contributed by atoms with Gasteiger partial charge in [0.05, 0.1) is 12.6 Å². The number of alkyl halides is 1. The average Bonchev–Trinajstić information content (AvgIpc) is 3.84. The summed E-state index contributed by atoms with van der Waals surface area (Å²) in [7, 11) is 1.46. The Balaban J connectivity index is 1.24. The molecule has 4 fully saturated rings. The molecule has 1 saturated heterocycles. The Hall–Kier alpha value is -3.82. The predicted octanol–water partition coefficient (Wildman–Crippen LogP) is 2.57. The summed E-state index contributed by atoms with van der Waals surface area (Å²) in [6, 6.07) is 0.434. The minimum atomic E-state index is -1.96. The molecule has 4 amide bonds. The molecule has 42 heavy (non-hydrogen) atoms. The maximum Gasteiger partial charge on any atom is 0.270 e. The topological polar surface area (TPSA) is 132 Å². The normalized spacial score (nSPS) is 26.8. The van der Waals surface area contributed by atoms with Gasteiger partial charge in [-0.15, -0.1) is 0 Å². The van der Waals surface area contributed by atoms with E-state index in [1.165, 1.54) is 16.8 Å². The summed E-state index contributed by atoms with van der Waals surface area (Å²) in [4.78, 5) is 56.0. The molecule has 1 aromatic rings. The molecule has 0 radical (unpaired) electrons. The van der Waals surface area contributed by atoms with Crippen molar-refractivity contribution in [1.82, 2.24) is 15.1 Å². The molecule has 2 N–H and O–H groups in total. The van der Waals surface area contributed by atoms with Crippen LogP contribution in [-0.2, 0) is 19.2 Å². The summed E-state index contributed by atoms with van der Waals surface area (Å²) < 4.78 is 48.5. The van der Waals surface area contributed by atoms with Crippen LogP contribution in [0.1, 0.15) is 57.8 Å². The number of halogens is 3. The van der Waals surface area contributed by atoms with Crippen molar-refractivity contribution in [3.05, 3.63) is 23.8 Å². The molecule has 0 aromatic heterocycles. The molecule has 2 heterocycles. The van der Waals surface area contributed by atoms with Crippen LogP contribution in [0.4, 0.5) is 18.9 Å². The molecule has 224 valence electrons. The number of rotatable bonds is 9. The number of nitrogens with one attached hydrogen (secondary N) is 2. The summed E-state index contributed by atoms with van der Waals surface area (Å²) >= 11 is 0. The fourth-order valence-electron chi connectivity index (χ4n) is 5.91. The second kappa shape index (κ2) is 10.2. The second-order valence-corrected chi connectivity index (χ2v) is 12.4. The minimum absolute atomic E-state index is 0.105. The Morgan fingerprint density at radius 2 is 1.86 bits per heavy atom. The third-order valence-electron chi connectivity index (χ3n) is 9.05. The summed E-state index contributed by atoms with van der Waals surface area (Å²) in [5, 5.41) is 14.9. The van der Waals surface area contributed by atoms with E-state index in [4.69, 9.17) is 4.74 Å². The van der Waals surface area contributed by atoms with Crippen molar-refractivity contribution < 1.29 is 37.1 Å². The largest absolute Gasteiger partial charge is 0.473 e. The van der Waals surface area contributed by atoms with Gasteiger partial charge in [-0.05, 0) is 37.5 Å². The molecule has 2 aliphatic heterocycles. The van der Waals surface area contributed by atoms with Gasteiger partial charge in [-0.25, -0.2) is 13.2 Å². The first-order valence-corrected chi connectivity index (χ1v) is 14.4. The lowest BCUT2D eigenvalue weighted by Gasteiger charge is -2.36. The van der Waals surface area contributed by atoms with E-state index in [2.05, 4.69) is 10.6 Å². The van der Waals surface area contributed by atoms with E-state index < -0.39 is 64.7 Å². The van der Waals surface area contributed by atoms with Crippen LogP contribution in [-0.4, -0.2) is 76.4 Å². The first-order valence-electron chi connectivity index (χ1n) is 14.4. The van der Waals surface area contributed by atoms with Gasteiger partial charge in [0.15, 0.2) is 17.2 Å². The zero-order valence-corrected chi connectivity index (χ0v) is 23.1. The number of likely N-dealkylation sites (N-methyl/N-ethyl adjacent to an activating group) is 1. The van der Waals surface area contributed by atoms with E-state index in [-0.39, 0.29) is 49.1 Å². The Morgan fingerprint density at radius 3 is 2.48 bits per heavy atom. The van der Waals surface area contributed by atoms with Crippen molar-refractivity contribution in [2.75, 3.05) is 18.9 Å². The number of benzene rings is 1. The highest BCUT2D eigenvalue weighted by atomic mass is 19.1. The van der Waals surface area contributed by atoms with Crippen molar-refractivity contribution in [2.45, 2.75) is 87.2 Å². The molecule has 13 heteroatoms. The van der Waals surface area contributed by atoms with Gasteiger partial charge in [0.25, 0.3) is 11.8 Å². The predicted molar refractivity (Wildman–Crippen MR) is 140 cm³/mol. The highest BCUT2D eigenvalue weighted by Crippen LogP contribution is 2.43. The van der Waals surface area contributed by atoms with Crippen LogP contribution in [0.3, 0.4) is 0 Å². The number of nitriles is 1. The van der Waals surface area contributed by atoms with Gasteiger partial charge in [0.1, 0.15) is 29.6 Å². The van der Waals surface area contributed by atoms with Gasteiger partial charge in [-0.2, -0.15) is 5.26 Å². The molecule has 5 aliphatic rings. The van der Waals surface area contributed by atoms with Crippen LogP contribution >= 0.6 is 0 Å². The summed E-state index contributed by atoms with van der Waals surface area (Å²) in [5.74, 6) is -4.48. The van der Waals surface area contributed by atoms with Crippen LogP contribution in [0.5, 0.6) is 5.75 Å². The third kappa shape index (κ3) is 5.27. The molecular formula is C29H32F3N5O5. The fourth-order valence-corrected chi connectivity index (χ4v) is 5.91. The molecular weight excluding hydrogens is 555 g/mol. The number of amides is 4. The number of hydrogen-bond acceptors (Lipinski definition) is 6. The SMILES string of the molecule is CN(C(=O)[C@H](CC1CC1)NC(=O)C1(F)CC1)[C@@H](CC1CC1)C(=O)N1C[C@@]2(C[C@H]1C#N)Oc1cc(F)cc(F)c1NC2=O. The number of anilines is 1. The molecule has 1 aromatic carbocycles. The summed E-state index contributed by atoms with van der Waals surface area (Å²) in [6.45, 7) is -0.372. The maximum absolute atomic E-state index is 14.5. The average molecular weight is 588 g/mol. The van der Waals surface area contributed by atoms with Crippen molar-refractivity contribution in [1.29, 1.82) is 5.26 Å². The fraction of sp³-hybridized carbons (Fsp3) is 0.621. The van der Waals surface area contributed by atoms with Gasteiger partial charge in [0, 0.05) is 25.6 Å². The lowest BCUT2D eigenvalue weighted by molar-refractivity contribution is -0.148. The molecule has 1 spiro atoms. The minimum Gasteiger partial charge on any atom is -0.473 e. The van der Waals surface area contributed by atoms with Crippen LogP contribution < -0.4 is 15.4 Å². The second-order valence-electron chi connectivity index (χ2n) is 12.4. The molecule has 10 nitrogen and oxygen atoms in total. The molecule has 3 aliphatic carbocycles. The van der Waals surface area contributed by atoms with E-state index in [9.17, 15) is 37.6 Å². The Labute approximate surface area is 240 Å². The Kier molecular flexibility index (Phi) is 6.85. The van der Waals surface area contributed by atoms with Crippen LogP contribution in [0, 0.1) is 34.8 Å². The van der Waals surface area contributed by atoms with Crippen LogP contribution in [0.25, 0.3) is 0 Å². The number of likely N-dealkylation sites (tertiary alicyclic amines) is 1. The van der Waals surface area contributed by atoms with Gasteiger partial charge >= 0.3 is 0 Å². The van der Waals surface area contributed by atoms with E-state index in [0.717, 1.165) is 31.7 Å². The van der Waals surface area contributed by atoms with Gasteiger partial charge in [0.2, 0.25) is 17.4 Å². The van der Waals surface area contributed by atoms with Crippen molar-refractivity contribution in [2.24, 2.45) is 11.8 Å². The van der Waals surface area contributed by atoms with Crippen LogP contribution in [0.15, 0.2) is 12.1 Å². The highest BCUT2D eigenvalue weighted by Gasteiger charge is 2.57. The molecule has 3 saturated carbocycles. The van der Waals surface area contributed by atoms with Crippen molar-refractivity contribution in [3.63, 3.8) is 0 Å². The van der Waals surface area contributed by atoms with Gasteiger partial charge in [-0.1, -0.05) is 25.7 Å². The number of carbonyl (C=O) groups is 4. The first-order chi connectivity index (χ1) is 19.9. The van der Waals surface area contributed by atoms with E-state index in [1.54, 1.807) is 0 Å². The number of hydrogen-bond donors (Lipinski definition) is 2. The number of carbonyl (C=O) groups excluding carboxylic acids is 4. The molecule has 4 atom stereocenters. The zero-order chi connectivity index (χ0) is 30.0. The Morgan fingerprint density at radius 1 is 1.19 bits per heavy atom. The summed E-state index contributed by atoms with van der Waals surface area (Å²) in [6.07, 6.45) is 4.13. The van der Waals surface area contributed by atoms with Crippen LogP contribution in [0.2, 0.25) is 0 Å². The molecule has 0 unspecified atom stereocenters. The monoisotopic (exact) mass is 587 g/mol. The van der Waals surface area contributed by atoms with Crippen molar-refractivity contribution >= 4 is 29.3 Å². The molecule has 6 rings (SSSR count). The summed E-state index contributed by atoms with van der Waals surface area (Å²) in [5.41, 5.74) is -4.05. The van der Waals surface area contributed by atoms with Crippen molar-refractivity contribution in [3.8, 4) is 11.8 Å². The van der Waals surface area contributed by atoms with Gasteiger partial charge < -0.3 is 25.2 Å². The quantitative estimate of drug-likeness (QED) is 0.457. The lowest BCUT2D eigenvalue weighted by Crippen LogP contribution is -2.58. The highest BCUT2D eigenvalue weighted by molar-refractivity contribution is 6.02. The maximum atomic E-state index is 14.5. The standard InChI is InChI=1S/C29H32F3N5O5/c1-36(24(38)20(8-15-2-3-15)34-26(40)28(32)6-7-28)21(9-16-4-5-16)25(39)37-14-29(12-18(37)13-33)27(41)35-23-19(31)10-17(30)11-22(23)42-29/h10-11,15-16,18,20-21H,2-9,12,14H2,1H3,(H,34,40)(H,35,41)/t18-,20-,21-,29+/m0/s1. The lowest BCUT2D eigenvalue weighted by atomic mass is 9.97. The zero-order valence-electron chi connectivity index (χ0n) is 23.1. The van der Waals surface area contributed by atoms with Gasteiger partial charge in [-0.3, -0.25) is 19.2 Å². The first kappa shape index (κ1) is 28.3. The number of nitrogens with zero attached hydrogens (tertiary/aromatic N) is 3. The molecule has 0 bridgehead atoms. The van der Waals surface area contributed by atoms with E-state index in [0.29, 0.717) is 18.9 Å². The Bertz CT molecular complexity index is 1390. The van der Waals surface area contributed by atoms with E-state index in [1.807, 2.05) is 6.07 Å². The van der Waals surface area contributed by atoms with E-state index >= 15 is 0 Å². The number of fused-ring (bicyclic) bond motifs is 1. The number of ether oxygens (including phenoxy) is 1. The third-order valence-corrected chi connectivity index (χ3v) is 9.05.